The molecule has 36 heavy (non-hydrogen) atoms. The second-order valence-corrected chi connectivity index (χ2v) is 11.1. The number of piperidine rings is 1. The number of likely N-dealkylation sites (tertiary alicyclic amines) is 1. The summed E-state index contributed by atoms with van der Waals surface area (Å²) in [4.78, 5) is 24.1. The molecule has 1 saturated carbocycles. The van der Waals surface area contributed by atoms with Crippen LogP contribution in [0.1, 0.15) is 56.1 Å². The summed E-state index contributed by atoms with van der Waals surface area (Å²) >= 11 is 0. The van der Waals surface area contributed by atoms with Crippen LogP contribution >= 0.6 is 0 Å². The van der Waals surface area contributed by atoms with Gasteiger partial charge in [0.25, 0.3) is 0 Å². The zero-order valence-electron chi connectivity index (χ0n) is 21.7. The van der Waals surface area contributed by atoms with Gasteiger partial charge >= 0.3 is 0 Å². The summed E-state index contributed by atoms with van der Waals surface area (Å²) in [6.45, 7) is 8.83. The summed E-state index contributed by atoms with van der Waals surface area (Å²) < 4.78 is 6.16. The summed E-state index contributed by atoms with van der Waals surface area (Å²) in [6.07, 6.45) is 11.9. The number of ether oxygens (including phenoxy) is 1. The highest BCUT2D eigenvalue weighted by Gasteiger charge is 2.27. The number of rotatable bonds is 9. The fourth-order valence-corrected chi connectivity index (χ4v) is 6.04. The Morgan fingerprint density at radius 2 is 1.53 bits per heavy atom. The zero-order valence-corrected chi connectivity index (χ0v) is 21.7. The van der Waals surface area contributed by atoms with Crippen LogP contribution in [0.25, 0.3) is 0 Å². The Bertz CT molecular complexity index is 937. The van der Waals surface area contributed by atoms with E-state index >= 15 is 0 Å². The van der Waals surface area contributed by atoms with E-state index in [1.807, 2.05) is 18.5 Å². The highest BCUT2D eigenvalue weighted by Crippen LogP contribution is 2.29. The standard InChI is InChI=1S/C30H42N4O2/c35-30(19-25-5-1-2-6-25)34-14-4-8-28(23-34)24-36-29-11-9-26(10-12-29)21-32-15-17-33(18-16-32)22-27-7-3-13-31-20-27/h3,7,9-13,20,25,28H,1-2,4-6,8,14-19,21-24H2/t28-/m0/s1. The number of amides is 1. The van der Waals surface area contributed by atoms with E-state index in [1.165, 1.54) is 36.8 Å². The summed E-state index contributed by atoms with van der Waals surface area (Å²) in [5, 5.41) is 0. The molecule has 0 N–H and O–H groups in total. The van der Waals surface area contributed by atoms with E-state index in [-0.39, 0.29) is 0 Å². The Hall–Kier alpha value is -2.44. The van der Waals surface area contributed by atoms with Crippen LogP contribution in [0.4, 0.5) is 0 Å². The molecule has 0 bridgehead atoms. The molecule has 194 valence electrons. The van der Waals surface area contributed by atoms with E-state index in [0.717, 1.165) is 77.4 Å². The van der Waals surface area contributed by atoms with Gasteiger partial charge in [-0.1, -0.05) is 31.0 Å². The molecule has 5 rings (SSSR count). The van der Waals surface area contributed by atoms with Crippen LogP contribution in [0.2, 0.25) is 0 Å². The number of carbonyl (C=O) groups excluding carboxylic acids is 1. The molecule has 6 heteroatoms. The largest absolute Gasteiger partial charge is 0.493 e. The number of aromatic nitrogens is 1. The molecule has 0 unspecified atom stereocenters. The summed E-state index contributed by atoms with van der Waals surface area (Å²) in [5.41, 5.74) is 2.63. The van der Waals surface area contributed by atoms with Gasteiger partial charge in [0.1, 0.15) is 5.75 Å². The topological polar surface area (TPSA) is 48.9 Å². The lowest BCUT2D eigenvalue weighted by Crippen LogP contribution is -2.45. The maximum Gasteiger partial charge on any atom is 0.222 e. The lowest BCUT2D eigenvalue weighted by molar-refractivity contribution is -0.134. The van der Waals surface area contributed by atoms with Gasteiger partial charge in [0.2, 0.25) is 5.91 Å². The van der Waals surface area contributed by atoms with E-state index in [2.05, 4.69) is 50.0 Å². The van der Waals surface area contributed by atoms with Gasteiger partial charge in [0.05, 0.1) is 6.61 Å². The van der Waals surface area contributed by atoms with E-state index in [0.29, 0.717) is 24.3 Å². The van der Waals surface area contributed by atoms with Crippen molar-refractivity contribution in [2.45, 2.75) is 58.0 Å². The van der Waals surface area contributed by atoms with E-state index in [4.69, 9.17) is 4.74 Å². The fourth-order valence-electron chi connectivity index (χ4n) is 6.04. The summed E-state index contributed by atoms with van der Waals surface area (Å²) in [7, 11) is 0. The molecule has 3 heterocycles. The average Bonchev–Trinajstić information content (AvgIpc) is 3.43. The second kappa shape index (κ2) is 12.7. The normalized spacial score (nSPS) is 22.1. The Morgan fingerprint density at radius 3 is 2.22 bits per heavy atom. The molecule has 3 aliphatic rings. The number of pyridine rings is 1. The van der Waals surface area contributed by atoms with E-state index in [1.54, 1.807) is 0 Å². The van der Waals surface area contributed by atoms with E-state index in [9.17, 15) is 4.79 Å². The predicted molar refractivity (Wildman–Crippen MR) is 143 cm³/mol. The van der Waals surface area contributed by atoms with Crippen molar-refractivity contribution in [2.24, 2.45) is 11.8 Å². The van der Waals surface area contributed by atoms with Crippen LogP contribution in [0.15, 0.2) is 48.8 Å². The van der Waals surface area contributed by atoms with Crippen molar-refractivity contribution in [2.75, 3.05) is 45.9 Å². The number of hydrogen-bond acceptors (Lipinski definition) is 5. The first kappa shape index (κ1) is 25.2. The molecule has 3 fully saturated rings. The smallest absolute Gasteiger partial charge is 0.222 e. The maximum absolute atomic E-state index is 12.8. The Morgan fingerprint density at radius 1 is 0.833 bits per heavy atom. The predicted octanol–water partition coefficient (Wildman–Crippen LogP) is 4.60. The van der Waals surface area contributed by atoms with Crippen molar-refractivity contribution >= 4 is 5.91 Å². The SMILES string of the molecule is O=C(CC1CCCC1)N1CCC[C@H](COc2ccc(CN3CCN(Cc4cccnc4)CC3)cc2)C1. The van der Waals surface area contributed by atoms with Crippen molar-refractivity contribution in [3.8, 4) is 5.75 Å². The fraction of sp³-hybridized carbons (Fsp3) is 0.600. The first-order valence-corrected chi connectivity index (χ1v) is 14.0. The first-order chi connectivity index (χ1) is 17.7. The molecule has 1 atom stereocenters. The number of nitrogens with zero attached hydrogens (tertiary/aromatic N) is 4. The zero-order chi connectivity index (χ0) is 24.6. The molecular weight excluding hydrogens is 448 g/mol. The third kappa shape index (κ3) is 7.30. The van der Waals surface area contributed by atoms with Crippen molar-refractivity contribution in [1.29, 1.82) is 0 Å². The van der Waals surface area contributed by atoms with Crippen LogP contribution in [0.3, 0.4) is 0 Å². The number of piperazine rings is 1. The molecule has 2 aromatic rings. The van der Waals surface area contributed by atoms with Gasteiger partial charge in [0, 0.05) is 77.1 Å². The van der Waals surface area contributed by atoms with Crippen molar-refractivity contribution in [1.82, 2.24) is 19.7 Å². The van der Waals surface area contributed by atoms with Crippen molar-refractivity contribution < 1.29 is 9.53 Å². The molecular formula is C30H42N4O2. The molecule has 1 aromatic carbocycles. The van der Waals surface area contributed by atoms with Gasteiger partial charge in [0.15, 0.2) is 0 Å². The summed E-state index contributed by atoms with van der Waals surface area (Å²) in [5.74, 6) is 2.38. The molecule has 0 spiro atoms. The van der Waals surface area contributed by atoms with Gasteiger partial charge < -0.3 is 9.64 Å². The minimum Gasteiger partial charge on any atom is -0.493 e. The lowest BCUT2D eigenvalue weighted by atomic mass is 9.97. The Labute approximate surface area is 216 Å². The van der Waals surface area contributed by atoms with Crippen molar-refractivity contribution in [3.63, 3.8) is 0 Å². The average molecular weight is 491 g/mol. The third-order valence-corrected chi connectivity index (χ3v) is 8.22. The first-order valence-electron chi connectivity index (χ1n) is 14.0. The van der Waals surface area contributed by atoms with Crippen molar-refractivity contribution in [3.05, 3.63) is 59.9 Å². The van der Waals surface area contributed by atoms with Crippen LogP contribution in [0.5, 0.6) is 5.75 Å². The van der Waals surface area contributed by atoms with Gasteiger partial charge in [-0.25, -0.2) is 0 Å². The monoisotopic (exact) mass is 490 g/mol. The van der Waals surface area contributed by atoms with Crippen LogP contribution in [-0.4, -0.2) is 71.5 Å². The number of benzene rings is 1. The molecule has 1 amide bonds. The molecule has 1 aliphatic carbocycles. The minimum atomic E-state index is 0.369. The van der Waals surface area contributed by atoms with Gasteiger partial charge in [-0.2, -0.15) is 0 Å². The van der Waals surface area contributed by atoms with Crippen LogP contribution in [-0.2, 0) is 17.9 Å². The Balaban J connectivity index is 1.01. The highest BCUT2D eigenvalue weighted by atomic mass is 16.5. The maximum atomic E-state index is 12.8. The van der Waals surface area contributed by atoms with Crippen LogP contribution < -0.4 is 4.74 Å². The molecule has 6 nitrogen and oxygen atoms in total. The molecule has 0 radical (unpaired) electrons. The molecule has 2 saturated heterocycles. The van der Waals surface area contributed by atoms with Gasteiger partial charge in [-0.05, 0) is 60.9 Å². The van der Waals surface area contributed by atoms with E-state index < -0.39 is 0 Å². The number of hydrogen-bond donors (Lipinski definition) is 0. The molecule has 1 aromatic heterocycles. The highest BCUT2D eigenvalue weighted by molar-refractivity contribution is 5.76. The van der Waals surface area contributed by atoms with Gasteiger partial charge in [-0.3, -0.25) is 19.6 Å². The third-order valence-electron chi connectivity index (χ3n) is 8.22. The van der Waals surface area contributed by atoms with Gasteiger partial charge in [-0.15, -0.1) is 0 Å². The summed E-state index contributed by atoms with van der Waals surface area (Å²) in [6, 6.07) is 12.8. The second-order valence-electron chi connectivity index (χ2n) is 11.1. The quantitative estimate of drug-likeness (QED) is 0.514. The lowest BCUT2D eigenvalue weighted by Gasteiger charge is -2.34. The van der Waals surface area contributed by atoms with Crippen LogP contribution in [0, 0.1) is 11.8 Å². The number of carbonyl (C=O) groups is 1. The minimum absolute atomic E-state index is 0.369. The molecule has 2 aliphatic heterocycles. The Kier molecular flexibility index (Phi) is 8.89.